The maximum atomic E-state index is 11.5. The molecule has 0 spiro atoms. The van der Waals surface area contributed by atoms with E-state index in [4.69, 9.17) is 0 Å². The third-order valence-electron chi connectivity index (χ3n) is 2.93. The van der Waals surface area contributed by atoms with Crippen LogP contribution in [0.5, 0.6) is 0 Å². The summed E-state index contributed by atoms with van der Waals surface area (Å²) in [6, 6.07) is 5.10. The molecule has 0 aliphatic heterocycles. The van der Waals surface area contributed by atoms with Crippen LogP contribution in [0.4, 0.5) is 0 Å². The van der Waals surface area contributed by atoms with Gasteiger partial charge in [0.1, 0.15) is 0 Å². The van der Waals surface area contributed by atoms with Gasteiger partial charge in [-0.1, -0.05) is 0 Å². The van der Waals surface area contributed by atoms with E-state index in [1.165, 1.54) is 9.75 Å². The van der Waals surface area contributed by atoms with E-state index in [0.717, 1.165) is 19.4 Å². The van der Waals surface area contributed by atoms with Gasteiger partial charge in [0.2, 0.25) is 5.91 Å². The zero-order valence-electron chi connectivity index (χ0n) is 10.5. The fourth-order valence-electron chi connectivity index (χ4n) is 1.72. The van der Waals surface area contributed by atoms with Gasteiger partial charge in [0.25, 0.3) is 0 Å². The van der Waals surface area contributed by atoms with Crippen LogP contribution in [0.15, 0.2) is 12.1 Å². The lowest BCUT2D eigenvalue weighted by atomic mass is 10.2. The van der Waals surface area contributed by atoms with Crippen molar-refractivity contribution < 1.29 is 4.79 Å². The SMILES string of the molecule is Cc1ccc(C(C)NCCC(=O)NC2CC2)s1. The van der Waals surface area contributed by atoms with Gasteiger partial charge < -0.3 is 10.6 Å². The number of carbonyl (C=O) groups excluding carboxylic acids is 1. The van der Waals surface area contributed by atoms with E-state index in [-0.39, 0.29) is 5.91 Å². The van der Waals surface area contributed by atoms with Gasteiger partial charge in [-0.25, -0.2) is 0 Å². The van der Waals surface area contributed by atoms with E-state index in [2.05, 4.69) is 36.6 Å². The minimum absolute atomic E-state index is 0.176. The Hall–Kier alpha value is -0.870. The van der Waals surface area contributed by atoms with Gasteiger partial charge in [-0.15, -0.1) is 11.3 Å². The summed E-state index contributed by atoms with van der Waals surface area (Å²) in [7, 11) is 0. The second-order valence-electron chi connectivity index (χ2n) is 4.72. The summed E-state index contributed by atoms with van der Waals surface area (Å²) < 4.78 is 0. The highest BCUT2D eigenvalue weighted by atomic mass is 32.1. The number of aryl methyl sites for hydroxylation is 1. The Morgan fingerprint density at radius 1 is 1.53 bits per heavy atom. The number of rotatable bonds is 6. The van der Waals surface area contributed by atoms with Crippen LogP contribution < -0.4 is 10.6 Å². The van der Waals surface area contributed by atoms with Crippen LogP contribution in [0.1, 0.15) is 42.0 Å². The first-order chi connectivity index (χ1) is 8.15. The molecular formula is C13H20N2OS. The molecule has 1 fully saturated rings. The first kappa shape index (κ1) is 12.6. The maximum absolute atomic E-state index is 11.5. The molecule has 1 aromatic heterocycles. The third-order valence-corrected chi connectivity index (χ3v) is 4.12. The van der Waals surface area contributed by atoms with Crippen LogP contribution in [0, 0.1) is 6.92 Å². The summed E-state index contributed by atoms with van der Waals surface area (Å²) in [5.74, 6) is 0.176. The molecule has 1 heterocycles. The summed E-state index contributed by atoms with van der Waals surface area (Å²) in [5, 5.41) is 6.38. The van der Waals surface area contributed by atoms with Gasteiger partial charge in [0.05, 0.1) is 0 Å². The van der Waals surface area contributed by atoms with Gasteiger partial charge in [-0.2, -0.15) is 0 Å². The molecule has 1 unspecified atom stereocenters. The first-order valence-corrected chi connectivity index (χ1v) is 7.06. The van der Waals surface area contributed by atoms with Crippen molar-refractivity contribution in [1.82, 2.24) is 10.6 Å². The zero-order valence-corrected chi connectivity index (χ0v) is 11.3. The largest absolute Gasteiger partial charge is 0.353 e. The predicted octanol–water partition coefficient (Wildman–Crippen LogP) is 2.38. The van der Waals surface area contributed by atoms with E-state index in [1.54, 1.807) is 0 Å². The molecule has 1 amide bonds. The summed E-state index contributed by atoms with van der Waals surface area (Å²) in [6.45, 7) is 5.00. The number of carbonyl (C=O) groups is 1. The van der Waals surface area contributed by atoms with Gasteiger partial charge in [-0.05, 0) is 38.8 Å². The fourth-order valence-corrected chi connectivity index (χ4v) is 2.62. The van der Waals surface area contributed by atoms with Crippen LogP contribution >= 0.6 is 11.3 Å². The molecule has 2 rings (SSSR count). The van der Waals surface area contributed by atoms with Crippen LogP contribution in [0.25, 0.3) is 0 Å². The lowest BCUT2D eigenvalue weighted by Crippen LogP contribution is -2.29. The number of amides is 1. The predicted molar refractivity (Wildman–Crippen MR) is 71.3 cm³/mol. The van der Waals surface area contributed by atoms with Crippen molar-refractivity contribution >= 4 is 17.2 Å². The van der Waals surface area contributed by atoms with Crippen LogP contribution in [0.2, 0.25) is 0 Å². The number of hydrogen-bond acceptors (Lipinski definition) is 3. The Labute approximate surface area is 107 Å². The summed E-state index contributed by atoms with van der Waals surface area (Å²) >= 11 is 1.81. The molecule has 0 aromatic carbocycles. The van der Waals surface area contributed by atoms with Crippen molar-refractivity contribution in [2.45, 2.75) is 45.2 Å². The second-order valence-corrected chi connectivity index (χ2v) is 6.04. The molecule has 3 nitrogen and oxygen atoms in total. The number of nitrogens with one attached hydrogen (secondary N) is 2. The molecule has 4 heteroatoms. The summed E-state index contributed by atoms with van der Waals surface area (Å²) in [6.07, 6.45) is 2.89. The molecule has 94 valence electrons. The fraction of sp³-hybridized carbons (Fsp3) is 0.615. The van der Waals surface area contributed by atoms with E-state index < -0.39 is 0 Å². The van der Waals surface area contributed by atoms with Gasteiger partial charge in [0, 0.05) is 34.8 Å². The summed E-state index contributed by atoms with van der Waals surface area (Å²) in [5.41, 5.74) is 0. The van der Waals surface area contributed by atoms with E-state index in [0.29, 0.717) is 18.5 Å². The Morgan fingerprint density at radius 2 is 2.29 bits per heavy atom. The van der Waals surface area contributed by atoms with E-state index in [9.17, 15) is 4.79 Å². The molecular weight excluding hydrogens is 232 g/mol. The maximum Gasteiger partial charge on any atom is 0.221 e. The van der Waals surface area contributed by atoms with E-state index >= 15 is 0 Å². The Bertz CT molecular complexity index is 385. The van der Waals surface area contributed by atoms with Crippen molar-refractivity contribution in [3.63, 3.8) is 0 Å². The molecule has 1 atom stereocenters. The average Bonchev–Trinajstić information content (AvgIpc) is 2.97. The Balaban J connectivity index is 1.65. The highest BCUT2D eigenvalue weighted by Gasteiger charge is 2.22. The average molecular weight is 252 g/mol. The topological polar surface area (TPSA) is 41.1 Å². The Kier molecular flexibility index (Phi) is 4.18. The standard InChI is InChI=1S/C13H20N2OS/c1-9-3-6-12(17-9)10(2)14-8-7-13(16)15-11-4-5-11/h3,6,10-11,14H,4-5,7-8H2,1-2H3,(H,15,16). The third kappa shape index (κ3) is 4.13. The van der Waals surface area contributed by atoms with Crippen LogP contribution in [0.3, 0.4) is 0 Å². The van der Waals surface area contributed by atoms with E-state index in [1.807, 2.05) is 11.3 Å². The first-order valence-electron chi connectivity index (χ1n) is 6.24. The van der Waals surface area contributed by atoms with Gasteiger partial charge in [-0.3, -0.25) is 4.79 Å². The normalized spacial score (nSPS) is 16.8. The van der Waals surface area contributed by atoms with Crippen LogP contribution in [-0.4, -0.2) is 18.5 Å². The van der Waals surface area contributed by atoms with Crippen molar-refractivity contribution in [3.05, 3.63) is 21.9 Å². The minimum Gasteiger partial charge on any atom is -0.353 e. The highest BCUT2D eigenvalue weighted by molar-refractivity contribution is 7.12. The molecule has 0 saturated heterocycles. The van der Waals surface area contributed by atoms with Crippen molar-refractivity contribution in [2.75, 3.05) is 6.54 Å². The monoisotopic (exact) mass is 252 g/mol. The van der Waals surface area contributed by atoms with Crippen LogP contribution in [-0.2, 0) is 4.79 Å². The lowest BCUT2D eigenvalue weighted by molar-refractivity contribution is -0.121. The zero-order chi connectivity index (χ0) is 12.3. The van der Waals surface area contributed by atoms with Crippen molar-refractivity contribution in [2.24, 2.45) is 0 Å². The molecule has 17 heavy (non-hydrogen) atoms. The molecule has 2 N–H and O–H groups in total. The molecule has 0 bridgehead atoms. The second kappa shape index (κ2) is 5.65. The van der Waals surface area contributed by atoms with Crippen molar-refractivity contribution in [1.29, 1.82) is 0 Å². The molecule has 0 radical (unpaired) electrons. The molecule has 1 aliphatic rings. The molecule has 1 aromatic rings. The lowest BCUT2D eigenvalue weighted by Gasteiger charge is -2.11. The van der Waals surface area contributed by atoms with Gasteiger partial charge >= 0.3 is 0 Å². The molecule has 1 aliphatic carbocycles. The minimum atomic E-state index is 0.176. The highest BCUT2D eigenvalue weighted by Crippen LogP contribution is 2.22. The Morgan fingerprint density at radius 3 is 2.88 bits per heavy atom. The molecule has 1 saturated carbocycles. The quantitative estimate of drug-likeness (QED) is 0.816. The van der Waals surface area contributed by atoms with Gasteiger partial charge in [0.15, 0.2) is 0 Å². The summed E-state index contributed by atoms with van der Waals surface area (Å²) in [4.78, 5) is 14.1. The van der Waals surface area contributed by atoms with Crippen molar-refractivity contribution in [3.8, 4) is 0 Å². The number of hydrogen-bond donors (Lipinski definition) is 2. The number of thiophene rings is 1. The smallest absolute Gasteiger partial charge is 0.221 e.